The molecule has 1 atom stereocenters. The van der Waals surface area contributed by atoms with Gasteiger partial charge in [-0.15, -0.1) is 0 Å². The maximum atomic E-state index is 11.2. The molecule has 0 saturated carbocycles. The van der Waals surface area contributed by atoms with Gasteiger partial charge in [-0.1, -0.05) is 5.92 Å². The molecule has 14 heavy (non-hydrogen) atoms. The number of carboxylic acids is 1. The van der Waals surface area contributed by atoms with Crippen LogP contribution in [0.3, 0.4) is 0 Å². The number of carboxylic acid groups (broad SMARTS) is 1. The van der Waals surface area contributed by atoms with E-state index in [1.165, 1.54) is 18.7 Å². The topological polar surface area (TPSA) is 66.4 Å². The van der Waals surface area contributed by atoms with Gasteiger partial charge in [-0.25, -0.2) is 4.79 Å². The number of thioether (sulfide) groups is 1. The third-order valence-electron chi connectivity index (χ3n) is 2.02. The average molecular weight is 213 g/mol. The Labute approximate surface area is 86.4 Å². The van der Waals surface area contributed by atoms with Crippen molar-refractivity contribution in [3.63, 3.8) is 0 Å². The average Bonchev–Trinajstić information content (AvgIpc) is 2.54. The van der Waals surface area contributed by atoms with Gasteiger partial charge in [0.05, 0.1) is 0 Å². The zero-order chi connectivity index (χ0) is 10.6. The van der Waals surface area contributed by atoms with Crippen LogP contribution in [0.1, 0.15) is 13.3 Å². The predicted molar refractivity (Wildman–Crippen MR) is 53.9 cm³/mol. The maximum absolute atomic E-state index is 11.2. The van der Waals surface area contributed by atoms with Crippen LogP contribution in [0, 0.1) is 11.8 Å². The molecule has 1 fully saturated rings. The number of amides is 1. The molecule has 1 saturated heterocycles. The second-order valence-electron chi connectivity index (χ2n) is 3.02. The first-order valence-electron chi connectivity index (χ1n) is 4.17. The molecule has 0 aromatic rings. The number of hydrogen-bond acceptors (Lipinski definition) is 3. The monoisotopic (exact) mass is 213 g/mol. The minimum Gasteiger partial charge on any atom is -0.479 e. The van der Waals surface area contributed by atoms with Crippen LogP contribution in [0.5, 0.6) is 0 Å². The lowest BCUT2D eigenvalue weighted by Crippen LogP contribution is -2.54. The van der Waals surface area contributed by atoms with Crippen LogP contribution in [-0.4, -0.2) is 34.0 Å². The Morgan fingerprint density at radius 3 is 2.71 bits per heavy atom. The van der Waals surface area contributed by atoms with Crippen molar-refractivity contribution in [2.24, 2.45) is 0 Å². The molecule has 1 aliphatic heterocycles. The first-order chi connectivity index (χ1) is 6.60. The summed E-state index contributed by atoms with van der Waals surface area (Å²) in [6.07, 6.45) is 0.462. The highest BCUT2D eigenvalue weighted by Crippen LogP contribution is 2.28. The van der Waals surface area contributed by atoms with Crippen molar-refractivity contribution in [3.05, 3.63) is 0 Å². The van der Waals surface area contributed by atoms with E-state index in [0.29, 0.717) is 12.2 Å². The van der Waals surface area contributed by atoms with Crippen molar-refractivity contribution in [1.29, 1.82) is 0 Å². The fraction of sp³-hybridized carbons (Fsp3) is 0.556. The number of hydrogen-bond donors (Lipinski definition) is 2. The normalized spacial score (nSPS) is 24.9. The number of carbonyl (C=O) groups is 2. The van der Waals surface area contributed by atoms with E-state index in [2.05, 4.69) is 17.2 Å². The summed E-state index contributed by atoms with van der Waals surface area (Å²) in [5, 5.41) is 11.5. The van der Waals surface area contributed by atoms with E-state index in [9.17, 15) is 9.59 Å². The first kappa shape index (κ1) is 10.9. The molecule has 0 aromatic heterocycles. The summed E-state index contributed by atoms with van der Waals surface area (Å²) >= 11 is 1.53. The summed E-state index contributed by atoms with van der Waals surface area (Å²) in [5.74, 6) is 4.39. The summed E-state index contributed by atoms with van der Waals surface area (Å²) in [6, 6.07) is 0. The Kier molecular flexibility index (Phi) is 3.42. The molecular formula is C9H11NO3S. The summed E-state index contributed by atoms with van der Waals surface area (Å²) < 4.78 is 0. The maximum Gasteiger partial charge on any atom is 0.330 e. The molecular weight excluding hydrogens is 202 g/mol. The number of rotatable bonds is 2. The van der Waals surface area contributed by atoms with Crippen molar-refractivity contribution in [1.82, 2.24) is 5.32 Å². The third-order valence-corrected chi connectivity index (χ3v) is 3.21. The largest absolute Gasteiger partial charge is 0.479 e. The Balaban J connectivity index is 2.73. The van der Waals surface area contributed by atoms with E-state index in [1.54, 1.807) is 0 Å². The molecule has 0 aliphatic carbocycles. The molecule has 76 valence electrons. The Morgan fingerprint density at radius 1 is 1.57 bits per heavy atom. The zero-order valence-corrected chi connectivity index (χ0v) is 8.61. The second kappa shape index (κ2) is 4.38. The van der Waals surface area contributed by atoms with Crippen molar-refractivity contribution in [2.75, 3.05) is 11.5 Å². The van der Waals surface area contributed by atoms with Gasteiger partial charge in [0, 0.05) is 5.75 Å². The highest BCUT2D eigenvalue weighted by atomic mass is 32.2. The molecule has 0 aromatic carbocycles. The molecule has 0 spiro atoms. The van der Waals surface area contributed by atoms with Gasteiger partial charge in [0.15, 0.2) is 0 Å². The van der Waals surface area contributed by atoms with Crippen LogP contribution in [0.4, 0.5) is 0 Å². The van der Waals surface area contributed by atoms with Gasteiger partial charge in [-0.2, -0.15) is 11.8 Å². The second-order valence-corrected chi connectivity index (χ2v) is 4.12. The van der Waals surface area contributed by atoms with Crippen molar-refractivity contribution in [2.45, 2.75) is 18.9 Å². The predicted octanol–water partition coefficient (Wildman–Crippen LogP) is 0.0862. The molecule has 1 amide bonds. The highest BCUT2D eigenvalue weighted by Gasteiger charge is 2.42. The van der Waals surface area contributed by atoms with Gasteiger partial charge in [-0.05, 0) is 25.0 Å². The van der Waals surface area contributed by atoms with E-state index < -0.39 is 17.4 Å². The van der Waals surface area contributed by atoms with Gasteiger partial charge in [-0.3, -0.25) is 4.79 Å². The molecule has 1 aliphatic rings. The smallest absolute Gasteiger partial charge is 0.330 e. The summed E-state index contributed by atoms with van der Waals surface area (Å²) in [5.41, 5.74) is -1.11. The van der Waals surface area contributed by atoms with E-state index in [1.807, 2.05) is 0 Å². The van der Waals surface area contributed by atoms with Crippen LogP contribution in [0.2, 0.25) is 0 Å². The minimum absolute atomic E-state index is 0.416. The standard InChI is InChI=1S/C9H11NO3S/c1-2-3-7(11)10-9(8(12)13)4-5-14-6-9/h4-6H2,1H3,(H,10,11)(H,12,13). The van der Waals surface area contributed by atoms with Crippen molar-refractivity contribution in [3.8, 4) is 11.8 Å². The van der Waals surface area contributed by atoms with Gasteiger partial charge in [0.25, 0.3) is 5.91 Å². The molecule has 1 unspecified atom stereocenters. The van der Waals surface area contributed by atoms with Crippen LogP contribution < -0.4 is 5.32 Å². The van der Waals surface area contributed by atoms with E-state index in [0.717, 1.165) is 5.75 Å². The fourth-order valence-electron chi connectivity index (χ4n) is 1.25. The van der Waals surface area contributed by atoms with E-state index >= 15 is 0 Å². The molecule has 0 radical (unpaired) electrons. The molecule has 2 N–H and O–H groups in total. The van der Waals surface area contributed by atoms with Gasteiger partial charge < -0.3 is 10.4 Å². The number of nitrogens with one attached hydrogen (secondary N) is 1. The molecule has 1 heterocycles. The summed E-state index contributed by atoms with van der Waals surface area (Å²) in [7, 11) is 0. The van der Waals surface area contributed by atoms with E-state index in [-0.39, 0.29) is 0 Å². The lowest BCUT2D eigenvalue weighted by Gasteiger charge is -2.22. The number of aliphatic carboxylic acids is 1. The molecule has 0 bridgehead atoms. The van der Waals surface area contributed by atoms with Crippen LogP contribution in [0.25, 0.3) is 0 Å². The third kappa shape index (κ3) is 2.20. The van der Waals surface area contributed by atoms with Gasteiger partial charge in [0.1, 0.15) is 5.54 Å². The fourth-order valence-corrected chi connectivity index (χ4v) is 2.57. The highest BCUT2D eigenvalue weighted by molar-refractivity contribution is 7.99. The van der Waals surface area contributed by atoms with Gasteiger partial charge >= 0.3 is 5.97 Å². The van der Waals surface area contributed by atoms with Crippen LogP contribution in [0.15, 0.2) is 0 Å². The lowest BCUT2D eigenvalue weighted by molar-refractivity contribution is -0.145. The van der Waals surface area contributed by atoms with Crippen LogP contribution >= 0.6 is 11.8 Å². The Hall–Kier alpha value is -1.15. The lowest BCUT2D eigenvalue weighted by atomic mass is 9.99. The molecule has 5 heteroatoms. The van der Waals surface area contributed by atoms with E-state index in [4.69, 9.17) is 5.11 Å². The summed E-state index contributed by atoms with van der Waals surface area (Å²) in [4.78, 5) is 22.1. The molecule has 1 rings (SSSR count). The van der Waals surface area contributed by atoms with Crippen molar-refractivity contribution < 1.29 is 14.7 Å². The van der Waals surface area contributed by atoms with Crippen molar-refractivity contribution >= 4 is 23.6 Å². The minimum atomic E-state index is -1.11. The van der Waals surface area contributed by atoms with Gasteiger partial charge in [0.2, 0.25) is 0 Å². The summed E-state index contributed by atoms with van der Waals surface area (Å²) in [6.45, 7) is 1.54. The van der Waals surface area contributed by atoms with Crippen LogP contribution in [-0.2, 0) is 9.59 Å². The Bertz CT molecular complexity index is 310. The quantitative estimate of drug-likeness (QED) is 0.638. The number of carbonyl (C=O) groups excluding carboxylic acids is 1. The molecule has 4 nitrogen and oxygen atoms in total. The Morgan fingerprint density at radius 2 is 2.29 bits per heavy atom. The SMILES string of the molecule is CC#CC(=O)NC1(C(=O)O)CCSC1. The first-order valence-corrected chi connectivity index (χ1v) is 5.32. The zero-order valence-electron chi connectivity index (χ0n) is 7.79.